The van der Waals surface area contributed by atoms with E-state index in [9.17, 15) is 0 Å². The molecule has 0 radical (unpaired) electrons. The fourth-order valence-electron chi connectivity index (χ4n) is 7.05. The third kappa shape index (κ3) is 12.6. The number of benzene rings is 8. The van der Waals surface area contributed by atoms with E-state index in [1.54, 1.807) is 29.2 Å². The number of halogens is 3. The highest BCUT2D eigenvalue weighted by molar-refractivity contribution is 14.0. The molecule has 0 saturated carbocycles. The molecular weight excluding hydrogens is 1050 g/mol. The van der Waals surface area contributed by atoms with Crippen LogP contribution in [0.4, 0.5) is 0 Å². The van der Waals surface area contributed by atoms with Crippen molar-refractivity contribution in [2.75, 3.05) is 0 Å². The van der Waals surface area contributed by atoms with Crippen LogP contribution in [0.5, 0.6) is 0 Å². The molecule has 0 spiro atoms. The van der Waals surface area contributed by atoms with Crippen LogP contribution in [0.25, 0.3) is 70.6 Å². The Morgan fingerprint density at radius 2 is 1.13 bits per heavy atom. The molecule has 0 saturated heterocycles. The average Bonchev–Trinajstić information content (AvgIpc) is 3.64. The quantitative estimate of drug-likeness (QED) is 0.0471. The van der Waals surface area contributed by atoms with E-state index in [2.05, 4.69) is 232 Å². The minimum atomic E-state index is -1.37. The van der Waals surface area contributed by atoms with Crippen LogP contribution in [-0.4, -0.2) is 17.2 Å². The topological polar surface area (TPSA) is 40.5 Å². The van der Waals surface area contributed by atoms with Crippen molar-refractivity contribution in [3.05, 3.63) is 231 Å². The first-order chi connectivity index (χ1) is 29.8. The first-order valence-corrected chi connectivity index (χ1v) is 23.2. The lowest BCUT2D eigenvalue weighted by Gasteiger charge is -2.13. The van der Waals surface area contributed by atoms with Crippen molar-refractivity contribution < 1.29 is 10.0 Å². The van der Waals surface area contributed by atoms with Crippen LogP contribution in [-0.2, 0) is 0 Å². The Balaban J connectivity index is 0.000000202. The van der Waals surface area contributed by atoms with Crippen molar-refractivity contribution >= 4 is 146 Å². The number of allylic oxidation sites excluding steroid dienone is 2. The molecule has 0 fully saturated rings. The maximum absolute atomic E-state index is 8.47. The van der Waals surface area contributed by atoms with E-state index >= 15 is 0 Å². The monoisotopic (exact) mass is 1100 g/mol. The molecule has 0 aliphatic heterocycles. The van der Waals surface area contributed by atoms with Crippen molar-refractivity contribution in [1.82, 2.24) is 0 Å². The van der Waals surface area contributed by atoms with Crippen LogP contribution in [0.1, 0.15) is 37.0 Å². The number of thiophene rings is 1. The fraction of sp³-hybridized carbons (Fsp3) is 0.0545. The molecule has 0 unspecified atom stereocenters. The minimum absolute atomic E-state index is 0. The predicted octanol–water partition coefficient (Wildman–Crippen LogP) is 17.9. The first kappa shape index (κ1) is 49.5. The third-order valence-corrected chi connectivity index (χ3v) is 14.5. The van der Waals surface area contributed by atoms with Gasteiger partial charge in [-0.1, -0.05) is 183 Å². The van der Waals surface area contributed by atoms with Gasteiger partial charge in [-0.2, -0.15) is 0 Å². The summed E-state index contributed by atoms with van der Waals surface area (Å²) in [5.74, 6) is 0. The minimum Gasteiger partial charge on any atom is -0.423 e. The summed E-state index contributed by atoms with van der Waals surface area (Å²) in [6.07, 6.45) is 7.52. The van der Waals surface area contributed by atoms with E-state index in [-0.39, 0.29) is 31.4 Å². The Morgan fingerprint density at radius 3 is 1.68 bits per heavy atom. The van der Waals surface area contributed by atoms with E-state index in [4.69, 9.17) is 10.0 Å². The lowest BCUT2D eigenvalue weighted by Crippen LogP contribution is -2.13. The zero-order valence-electron chi connectivity index (χ0n) is 33.8. The highest BCUT2D eigenvalue weighted by Gasteiger charge is 2.15. The van der Waals surface area contributed by atoms with Gasteiger partial charge in [-0.15, -0.1) is 48.5 Å². The second-order valence-electron chi connectivity index (χ2n) is 14.2. The van der Waals surface area contributed by atoms with Gasteiger partial charge in [-0.3, -0.25) is 0 Å². The molecule has 1 aromatic heterocycles. The van der Waals surface area contributed by atoms with Gasteiger partial charge in [0.05, 0.1) is 9.35 Å². The Kier molecular flexibility index (Phi) is 19.3. The zero-order chi connectivity index (χ0) is 42.6. The molecule has 63 heavy (non-hydrogen) atoms. The van der Waals surface area contributed by atoms with Crippen molar-refractivity contribution in [1.29, 1.82) is 0 Å². The molecule has 2 nitrogen and oxygen atoms in total. The molecule has 9 aromatic rings. The lowest BCUT2D eigenvalue weighted by atomic mass is 9.78. The summed E-state index contributed by atoms with van der Waals surface area (Å²) in [6, 6.07) is 60.2. The highest BCUT2D eigenvalue weighted by atomic mass is 127. The molecule has 0 bridgehead atoms. The van der Waals surface area contributed by atoms with Crippen molar-refractivity contribution in [3.63, 3.8) is 0 Å². The first-order valence-electron chi connectivity index (χ1n) is 19.9. The Labute approximate surface area is 414 Å². The lowest BCUT2D eigenvalue weighted by molar-refractivity contribution is 0.417. The summed E-state index contributed by atoms with van der Waals surface area (Å²) in [6.45, 7) is 6.93. The summed E-state index contributed by atoms with van der Waals surface area (Å²) in [4.78, 5) is 2.50. The molecule has 0 atom stereocenters. The molecule has 1 heterocycles. The van der Waals surface area contributed by atoms with Gasteiger partial charge in [0, 0.05) is 20.3 Å². The molecular formula is C55H48BBr2IO2S2. The maximum Gasteiger partial charge on any atom is 0.483 e. The van der Waals surface area contributed by atoms with E-state index in [0.717, 1.165) is 15.4 Å². The number of thioether (sulfide) groups is 1. The molecule has 8 heteroatoms. The Bertz CT molecular complexity index is 3000. The number of hydrogen-bond acceptors (Lipinski definition) is 4. The van der Waals surface area contributed by atoms with Crippen molar-refractivity contribution in [2.24, 2.45) is 0 Å². The summed E-state index contributed by atoms with van der Waals surface area (Å²) in [5, 5.41) is 31.6. The van der Waals surface area contributed by atoms with Crippen LogP contribution in [0.2, 0.25) is 0 Å². The summed E-state index contributed by atoms with van der Waals surface area (Å²) in [7, 11) is -1.37. The smallest absolute Gasteiger partial charge is 0.423 e. The molecule has 0 aliphatic carbocycles. The van der Waals surface area contributed by atoms with Crippen molar-refractivity contribution in [3.8, 4) is 10.4 Å². The van der Waals surface area contributed by atoms with Gasteiger partial charge in [-0.25, -0.2) is 0 Å². The SMILES string of the molecule is Brc1csc(-c2cc3ccccc3c3ccccc23)c1Br.C.C(=C\c1ccccc1)/S/C(=C/c1ccccc1)c1cc2ccccc2c2ccccc12.C=CCCC(=C)B(O)O.I. The van der Waals surface area contributed by atoms with Gasteiger partial charge in [0.2, 0.25) is 0 Å². The fourth-order valence-corrected chi connectivity index (χ4v) is 10.1. The molecule has 9 rings (SSSR count). The Hall–Kier alpha value is -4.52. The number of fused-ring (bicyclic) bond motifs is 6. The van der Waals surface area contributed by atoms with Crippen LogP contribution >= 0.6 is 78.9 Å². The normalized spacial score (nSPS) is 11.0. The van der Waals surface area contributed by atoms with Gasteiger partial charge in [-0.05, 0) is 140 Å². The van der Waals surface area contributed by atoms with Gasteiger partial charge in [0.15, 0.2) is 0 Å². The average molecular weight is 1100 g/mol. The van der Waals surface area contributed by atoms with Gasteiger partial charge in [0.1, 0.15) is 0 Å². The number of rotatable bonds is 10. The van der Waals surface area contributed by atoms with E-state index in [1.165, 1.54) is 75.1 Å². The molecule has 8 aromatic carbocycles. The third-order valence-electron chi connectivity index (χ3n) is 10.1. The van der Waals surface area contributed by atoms with Gasteiger partial charge in [0.25, 0.3) is 0 Å². The van der Waals surface area contributed by atoms with Crippen LogP contribution < -0.4 is 0 Å². The summed E-state index contributed by atoms with van der Waals surface area (Å²) in [5.41, 5.74) is 5.40. The molecule has 316 valence electrons. The predicted molar refractivity (Wildman–Crippen MR) is 300 cm³/mol. The van der Waals surface area contributed by atoms with Gasteiger partial charge < -0.3 is 10.0 Å². The van der Waals surface area contributed by atoms with E-state index < -0.39 is 7.12 Å². The number of hydrogen-bond donors (Lipinski definition) is 2. The van der Waals surface area contributed by atoms with Crippen LogP contribution in [0.15, 0.2) is 214 Å². The largest absolute Gasteiger partial charge is 0.483 e. The van der Waals surface area contributed by atoms with E-state index in [1.807, 2.05) is 6.07 Å². The zero-order valence-corrected chi connectivity index (χ0v) is 41.0. The maximum atomic E-state index is 8.47. The molecule has 0 aliphatic rings. The molecule has 2 N–H and O–H groups in total. The summed E-state index contributed by atoms with van der Waals surface area (Å²) >= 11 is 10.8. The summed E-state index contributed by atoms with van der Waals surface area (Å²) < 4.78 is 2.24. The second kappa shape index (κ2) is 24.5. The molecule has 0 amide bonds. The van der Waals surface area contributed by atoms with E-state index in [0.29, 0.717) is 11.9 Å². The standard InChI is InChI=1S/C30H22S.C18H10Br2S.C6H11BO2.CH4.HI/c1-3-11-23(12-4-1)19-20-31-30(21-24-13-5-2-6-14-24)29-22-25-15-7-8-16-26(25)27-17-9-10-18-28(27)29;19-16-10-21-18(17(16)20)15-9-11-5-1-2-6-12(11)13-7-3-4-8-14(13)15;1-3-4-5-6(2)7(8)9;;/h1-22H;1-10H;3,8-9H,1-2,4-5H2;1H4;1H/b20-19+,30-21+;;;;. The van der Waals surface area contributed by atoms with Crippen LogP contribution in [0.3, 0.4) is 0 Å². The van der Waals surface area contributed by atoms with Crippen molar-refractivity contribution in [2.45, 2.75) is 20.3 Å². The van der Waals surface area contributed by atoms with Gasteiger partial charge >= 0.3 is 7.12 Å². The Morgan fingerprint density at radius 1 is 0.635 bits per heavy atom. The second-order valence-corrected chi connectivity index (χ2v) is 17.7. The highest BCUT2D eigenvalue weighted by Crippen LogP contribution is 2.44. The van der Waals surface area contributed by atoms with Crippen LogP contribution in [0, 0.1) is 0 Å².